The summed E-state index contributed by atoms with van der Waals surface area (Å²) in [6.45, 7) is 4.27. The molecule has 0 radical (unpaired) electrons. The van der Waals surface area contributed by atoms with Crippen molar-refractivity contribution < 1.29 is 18.7 Å². The van der Waals surface area contributed by atoms with Crippen LogP contribution in [0.2, 0.25) is 0 Å². The lowest BCUT2D eigenvalue weighted by atomic mass is 9.77. The predicted molar refractivity (Wildman–Crippen MR) is 122 cm³/mol. The molecule has 4 rings (SSSR count). The lowest BCUT2D eigenvalue weighted by Crippen LogP contribution is -2.44. The number of nitrogens with zero attached hydrogens (tertiary/aromatic N) is 3. The zero-order valence-corrected chi connectivity index (χ0v) is 19.4. The number of nitrogens with one attached hydrogen (secondary N) is 1. The van der Waals surface area contributed by atoms with Crippen LogP contribution in [0.25, 0.3) is 0 Å². The minimum Gasteiger partial charge on any atom is -0.453 e. The number of benzene rings is 1. The summed E-state index contributed by atoms with van der Waals surface area (Å²) >= 11 is 1.30. The minimum atomic E-state index is -0.502. The Morgan fingerprint density at radius 3 is 2.52 bits per heavy atom. The number of rotatable bonds is 5. The lowest BCUT2D eigenvalue weighted by Gasteiger charge is -2.42. The Kier molecular flexibility index (Phi) is 6.46. The predicted octanol–water partition coefficient (Wildman–Crippen LogP) is 4.31. The molecule has 0 aliphatic carbocycles. The average Bonchev–Trinajstić information content (AvgIpc) is 3.49. The van der Waals surface area contributed by atoms with Crippen LogP contribution < -0.4 is 5.73 Å². The van der Waals surface area contributed by atoms with Crippen molar-refractivity contribution in [1.29, 1.82) is 0 Å². The molecule has 3 N–H and O–H groups in total. The number of aromatic nitrogens is 3. The van der Waals surface area contributed by atoms with Crippen LogP contribution in [-0.2, 0) is 4.74 Å². The summed E-state index contributed by atoms with van der Waals surface area (Å²) in [6, 6.07) is 7.77. The van der Waals surface area contributed by atoms with E-state index in [0.29, 0.717) is 23.5 Å². The average molecular weight is 472 g/mol. The molecule has 1 aliphatic heterocycles. The van der Waals surface area contributed by atoms with Crippen molar-refractivity contribution in [3.63, 3.8) is 0 Å². The number of amides is 2. The van der Waals surface area contributed by atoms with E-state index in [0.717, 1.165) is 16.3 Å². The molecular formula is C23H26FN5O3S. The van der Waals surface area contributed by atoms with E-state index in [1.807, 2.05) is 19.9 Å². The van der Waals surface area contributed by atoms with Gasteiger partial charge in [0.05, 0.1) is 29.5 Å². The van der Waals surface area contributed by atoms with Gasteiger partial charge in [0.15, 0.2) is 0 Å². The number of nitrogens with two attached hydrogens (primary N) is 1. The van der Waals surface area contributed by atoms with Crippen molar-refractivity contribution in [2.45, 2.75) is 44.1 Å². The highest BCUT2D eigenvalue weighted by Gasteiger charge is 2.42. The van der Waals surface area contributed by atoms with Crippen LogP contribution in [-0.4, -0.2) is 45.7 Å². The largest absolute Gasteiger partial charge is 0.453 e. The van der Waals surface area contributed by atoms with Crippen LogP contribution >= 0.6 is 11.3 Å². The summed E-state index contributed by atoms with van der Waals surface area (Å²) < 4.78 is 18.7. The van der Waals surface area contributed by atoms with E-state index >= 15 is 0 Å². The summed E-state index contributed by atoms with van der Waals surface area (Å²) in [5, 5.41) is 7.78. The number of carbonyl (C=O) groups excluding carboxylic acids is 2. The van der Waals surface area contributed by atoms with E-state index in [1.165, 1.54) is 30.6 Å². The minimum absolute atomic E-state index is 0.0281. The molecule has 3 heterocycles. The number of primary amides is 1. The molecule has 0 bridgehead atoms. The van der Waals surface area contributed by atoms with Crippen molar-refractivity contribution in [2.75, 3.05) is 13.7 Å². The highest BCUT2D eigenvalue weighted by atomic mass is 32.1. The zero-order chi connectivity index (χ0) is 23.7. The Morgan fingerprint density at radius 1 is 1.24 bits per heavy atom. The standard InChI is InChI=1S/C23H26FN5O3S/c1-12(2)19-20(21(25)30)33-22(27-19)15-10-18(17-8-9-26-28-17)29(23(31)32-3)11-16(15)13-4-6-14(24)7-5-13/h4-9,12,15-16,18H,10-11H2,1-3H3,(H2,25,30)(H,26,28). The molecule has 3 unspecified atom stereocenters. The van der Waals surface area contributed by atoms with E-state index in [4.69, 9.17) is 15.5 Å². The smallest absolute Gasteiger partial charge is 0.410 e. The van der Waals surface area contributed by atoms with Gasteiger partial charge < -0.3 is 10.5 Å². The summed E-state index contributed by atoms with van der Waals surface area (Å²) in [4.78, 5) is 31.8. The van der Waals surface area contributed by atoms with E-state index in [9.17, 15) is 14.0 Å². The molecule has 10 heteroatoms. The van der Waals surface area contributed by atoms with Crippen LogP contribution in [0.5, 0.6) is 0 Å². The number of ether oxygens (including phenoxy) is 1. The molecule has 0 saturated carbocycles. The van der Waals surface area contributed by atoms with Crippen molar-refractivity contribution >= 4 is 23.3 Å². The van der Waals surface area contributed by atoms with Crippen molar-refractivity contribution in [1.82, 2.24) is 20.1 Å². The van der Waals surface area contributed by atoms with E-state index in [-0.39, 0.29) is 29.6 Å². The second-order valence-corrected chi connectivity index (χ2v) is 9.47. The van der Waals surface area contributed by atoms with Crippen molar-refractivity contribution in [3.8, 4) is 0 Å². The maximum absolute atomic E-state index is 13.7. The van der Waals surface area contributed by atoms with Gasteiger partial charge in [0.1, 0.15) is 10.7 Å². The van der Waals surface area contributed by atoms with E-state index in [1.54, 1.807) is 23.2 Å². The first-order chi connectivity index (χ1) is 15.8. The topological polar surface area (TPSA) is 114 Å². The number of hydrogen-bond donors (Lipinski definition) is 2. The van der Waals surface area contributed by atoms with Crippen LogP contribution in [0.1, 0.15) is 75.7 Å². The number of hydrogen-bond acceptors (Lipinski definition) is 6. The number of thiazole rings is 1. The highest BCUT2D eigenvalue weighted by molar-refractivity contribution is 7.13. The number of aromatic amines is 1. The third-order valence-corrected chi connectivity index (χ3v) is 7.30. The van der Waals surface area contributed by atoms with Crippen molar-refractivity contribution in [2.24, 2.45) is 5.73 Å². The number of H-pyrrole nitrogens is 1. The molecule has 33 heavy (non-hydrogen) atoms. The molecule has 3 aromatic rings. The molecule has 2 aromatic heterocycles. The maximum Gasteiger partial charge on any atom is 0.410 e. The van der Waals surface area contributed by atoms with Gasteiger partial charge in [-0.1, -0.05) is 26.0 Å². The molecule has 1 aliphatic rings. The SMILES string of the molecule is COC(=O)N1CC(c2ccc(F)cc2)C(c2nc(C(C)C)c(C(N)=O)s2)CC1c1ccn[nH]1. The Hall–Kier alpha value is -3.27. The van der Waals surface area contributed by atoms with Gasteiger partial charge in [-0.25, -0.2) is 14.2 Å². The first-order valence-electron chi connectivity index (χ1n) is 10.7. The quantitative estimate of drug-likeness (QED) is 0.576. The summed E-state index contributed by atoms with van der Waals surface area (Å²) in [6.07, 6.45) is 1.69. The molecule has 1 fully saturated rings. The zero-order valence-electron chi connectivity index (χ0n) is 18.6. The van der Waals surface area contributed by atoms with E-state index < -0.39 is 12.0 Å². The third kappa shape index (κ3) is 4.47. The Bertz CT molecular complexity index is 1130. The maximum atomic E-state index is 13.7. The molecule has 0 spiro atoms. The highest BCUT2D eigenvalue weighted by Crippen LogP contribution is 2.48. The van der Waals surface area contributed by atoms with Gasteiger partial charge in [-0.3, -0.25) is 14.8 Å². The fourth-order valence-electron chi connectivity index (χ4n) is 4.46. The molecular weight excluding hydrogens is 445 g/mol. The van der Waals surface area contributed by atoms with Gasteiger partial charge in [-0.15, -0.1) is 11.3 Å². The fourth-order valence-corrected chi connectivity index (χ4v) is 5.71. The van der Waals surface area contributed by atoms with Crippen LogP contribution in [0.3, 0.4) is 0 Å². The second-order valence-electron chi connectivity index (χ2n) is 8.44. The first-order valence-corrected chi connectivity index (χ1v) is 11.5. The first kappa shape index (κ1) is 22.9. The molecule has 3 atom stereocenters. The Balaban J connectivity index is 1.82. The monoisotopic (exact) mass is 471 g/mol. The molecule has 2 amide bonds. The van der Waals surface area contributed by atoms with Crippen LogP contribution in [0.4, 0.5) is 9.18 Å². The second kappa shape index (κ2) is 9.30. The van der Waals surface area contributed by atoms with E-state index in [2.05, 4.69) is 10.2 Å². The van der Waals surface area contributed by atoms with Crippen LogP contribution in [0, 0.1) is 5.82 Å². The Morgan fingerprint density at radius 2 is 1.97 bits per heavy atom. The number of methoxy groups -OCH3 is 1. The lowest BCUT2D eigenvalue weighted by molar-refractivity contribution is 0.0757. The third-order valence-electron chi connectivity index (χ3n) is 6.08. The van der Waals surface area contributed by atoms with Gasteiger partial charge >= 0.3 is 6.09 Å². The van der Waals surface area contributed by atoms with Crippen molar-refractivity contribution in [3.05, 3.63) is 69.2 Å². The summed E-state index contributed by atoms with van der Waals surface area (Å²) in [7, 11) is 1.35. The van der Waals surface area contributed by atoms with Gasteiger partial charge in [-0.05, 0) is 36.1 Å². The molecule has 174 valence electrons. The normalized spacial score (nSPS) is 20.8. The van der Waals surface area contributed by atoms with Crippen LogP contribution in [0.15, 0.2) is 36.5 Å². The van der Waals surface area contributed by atoms with Gasteiger partial charge in [0, 0.05) is 24.6 Å². The number of halogens is 1. The molecule has 8 nitrogen and oxygen atoms in total. The number of piperidine rings is 1. The molecule has 1 aromatic carbocycles. The Labute approximate surface area is 195 Å². The summed E-state index contributed by atoms with van der Waals surface area (Å²) in [5.41, 5.74) is 7.98. The summed E-state index contributed by atoms with van der Waals surface area (Å²) in [5.74, 6) is -1.13. The van der Waals surface area contributed by atoms with Gasteiger partial charge in [0.25, 0.3) is 5.91 Å². The number of carbonyl (C=O) groups is 2. The number of likely N-dealkylation sites (tertiary alicyclic amines) is 1. The van der Waals surface area contributed by atoms with Gasteiger partial charge in [-0.2, -0.15) is 5.10 Å². The van der Waals surface area contributed by atoms with Gasteiger partial charge in [0.2, 0.25) is 0 Å². The fraction of sp³-hybridized carbons (Fsp3) is 0.391. The molecule has 1 saturated heterocycles.